The van der Waals surface area contributed by atoms with E-state index in [0.717, 1.165) is 18.7 Å². The van der Waals surface area contributed by atoms with Crippen LogP contribution in [0.5, 0.6) is 0 Å². The Morgan fingerprint density at radius 3 is 2.62 bits per heavy atom. The minimum Gasteiger partial charge on any atom is -0.372 e. The molecule has 2 N–H and O–H groups in total. The SMILES string of the molecule is C[C@H](NC(=O)NCCC(=O)N(C)C)c1cccc(N2CCCC2)c1. The minimum atomic E-state index is -0.249. The van der Waals surface area contributed by atoms with Gasteiger partial charge in [0.05, 0.1) is 6.04 Å². The third-order valence-corrected chi connectivity index (χ3v) is 4.31. The molecule has 24 heavy (non-hydrogen) atoms. The molecular weight excluding hydrogens is 304 g/mol. The van der Waals surface area contributed by atoms with E-state index in [9.17, 15) is 9.59 Å². The zero-order chi connectivity index (χ0) is 17.5. The Hall–Kier alpha value is -2.24. The van der Waals surface area contributed by atoms with Crippen molar-refractivity contribution in [3.63, 3.8) is 0 Å². The van der Waals surface area contributed by atoms with Crippen molar-refractivity contribution in [2.24, 2.45) is 0 Å². The van der Waals surface area contributed by atoms with Crippen molar-refractivity contribution in [2.75, 3.05) is 38.6 Å². The summed E-state index contributed by atoms with van der Waals surface area (Å²) in [7, 11) is 3.41. The van der Waals surface area contributed by atoms with Crippen LogP contribution >= 0.6 is 0 Å². The van der Waals surface area contributed by atoms with Crippen molar-refractivity contribution in [3.8, 4) is 0 Å². The molecule has 0 aromatic heterocycles. The van der Waals surface area contributed by atoms with E-state index in [1.165, 1.54) is 23.4 Å². The fourth-order valence-electron chi connectivity index (χ4n) is 2.80. The van der Waals surface area contributed by atoms with Crippen LogP contribution in [0.4, 0.5) is 10.5 Å². The molecule has 1 atom stereocenters. The number of benzene rings is 1. The summed E-state index contributed by atoms with van der Waals surface area (Å²) in [6, 6.07) is 7.99. The smallest absolute Gasteiger partial charge is 0.315 e. The van der Waals surface area contributed by atoms with Crippen LogP contribution in [-0.4, -0.2) is 50.6 Å². The molecule has 2 rings (SSSR count). The van der Waals surface area contributed by atoms with Gasteiger partial charge >= 0.3 is 6.03 Å². The highest BCUT2D eigenvalue weighted by Crippen LogP contribution is 2.23. The summed E-state index contributed by atoms with van der Waals surface area (Å²) < 4.78 is 0. The van der Waals surface area contributed by atoms with E-state index in [1.807, 2.05) is 19.1 Å². The van der Waals surface area contributed by atoms with Gasteiger partial charge in [0, 0.05) is 45.8 Å². The van der Waals surface area contributed by atoms with E-state index < -0.39 is 0 Å². The zero-order valence-electron chi connectivity index (χ0n) is 14.8. The second-order valence-corrected chi connectivity index (χ2v) is 6.45. The molecule has 1 aliphatic rings. The van der Waals surface area contributed by atoms with Crippen molar-refractivity contribution in [1.82, 2.24) is 15.5 Å². The average molecular weight is 332 g/mol. The first-order valence-electron chi connectivity index (χ1n) is 8.57. The normalized spacial score (nSPS) is 15.0. The Bertz CT molecular complexity index is 568. The molecule has 0 saturated carbocycles. The summed E-state index contributed by atoms with van der Waals surface area (Å²) in [6.07, 6.45) is 2.79. The van der Waals surface area contributed by atoms with Crippen molar-refractivity contribution >= 4 is 17.6 Å². The lowest BCUT2D eigenvalue weighted by molar-refractivity contribution is -0.128. The van der Waals surface area contributed by atoms with Crippen molar-refractivity contribution < 1.29 is 9.59 Å². The molecule has 0 bridgehead atoms. The Morgan fingerprint density at radius 2 is 1.96 bits per heavy atom. The number of amides is 3. The molecule has 0 unspecified atom stereocenters. The van der Waals surface area contributed by atoms with Gasteiger partial charge in [-0.05, 0) is 37.5 Å². The van der Waals surface area contributed by atoms with E-state index in [0.29, 0.717) is 13.0 Å². The molecule has 0 spiro atoms. The molecular formula is C18H28N4O2. The highest BCUT2D eigenvalue weighted by Gasteiger charge is 2.15. The molecule has 1 saturated heterocycles. The van der Waals surface area contributed by atoms with Gasteiger partial charge in [-0.25, -0.2) is 4.79 Å². The van der Waals surface area contributed by atoms with Crippen LogP contribution in [0.15, 0.2) is 24.3 Å². The fraction of sp³-hybridized carbons (Fsp3) is 0.556. The predicted octanol–water partition coefficient (Wildman–Crippen LogP) is 2.13. The summed E-state index contributed by atoms with van der Waals surface area (Å²) in [5.74, 6) is 0.00154. The lowest BCUT2D eigenvalue weighted by atomic mass is 10.1. The maximum Gasteiger partial charge on any atom is 0.315 e. The molecule has 0 radical (unpaired) electrons. The van der Waals surface area contributed by atoms with Crippen molar-refractivity contribution in [3.05, 3.63) is 29.8 Å². The number of hydrogen-bond acceptors (Lipinski definition) is 3. The molecule has 1 aromatic carbocycles. The van der Waals surface area contributed by atoms with Crippen LogP contribution in [0.1, 0.15) is 37.8 Å². The average Bonchev–Trinajstić information content (AvgIpc) is 3.09. The van der Waals surface area contributed by atoms with Gasteiger partial charge in [-0.2, -0.15) is 0 Å². The highest BCUT2D eigenvalue weighted by molar-refractivity contribution is 5.78. The molecule has 3 amide bonds. The van der Waals surface area contributed by atoms with Gasteiger partial charge in [0.25, 0.3) is 0 Å². The van der Waals surface area contributed by atoms with E-state index in [4.69, 9.17) is 0 Å². The molecule has 1 aliphatic heterocycles. The lowest BCUT2D eigenvalue weighted by Gasteiger charge is -2.21. The molecule has 0 aliphatic carbocycles. The lowest BCUT2D eigenvalue weighted by Crippen LogP contribution is -2.38. The van der Waals surface area contributed by atoms with Crippen molar-refractivity contribution in [2.45, 2.75) is 32.2 Å². The first-order valence-corrected chi connectivity index (χ1v) is 8.57. The van der Waals surface area contributed by atoms with Crippen LogP contribution in [0, 0.1) is 0 Å². The minimum absolute atomic E-state index is 0.00154. The summed E-state index contributed by atoms with van der Waals surface area (Å²) in [5.41, 5.74) is 2.30. The molecule has 6 heteroatoms. The molecule has 132 valence electrons. The summed E-state index contributed by atoms with van der Waals surface area (Å²) in [6.45, 7) is 4.51. The number of carbonyl (C=O) groups excluding carboxylic acids is 2. The monoisotopic (exact) mass is 332 g/mol. The molecule has 1 fully saturated rings. The second-order valence-electron chi connectivity index (χ2n) is 6.45. The summed E-state index contributed by atoms with van der Waals surface area (Å²) in [4.78, 5) is 27.3. The van der Waals surface area contributed by atoms with Gasteiger partial charge in [-0.1, -0.05) is 12.1 Å². The number of carbonyl (C=O) groups is 2. The van der Waals surface area contributed by atoms with Gasteiger partial charge in [0.1, 0.15) is 0 Å². The van der Waals surface area contributed by atoms with Crippen molar-refractivity contribution in [1.29, 1.82) is 0 Å². The molecule has 1 aromatic rings. The van der Waals surface area contributed by atoms with Gasteiger partial charge in [-0.3, -0.25) is 4.79 Å². The summed E-state index contributed by atoms with van der Waals surface area (Å²) in [5, 5.41) is 5.65. The fourth-order valence-corrected chi connectivity index (χ4v) is 2.80. The maximum absolute atomic E-state index is 12.0. The van der Waals surface area contributed by atoms with E-state index in [1.54, 1.807) is 14.1 Å². The zero-order valence-corrected chi connectivity index (χ0v) is 14.8. The summed E-state index contributed by atoms with van der Waals surface area (Å²) >= 11 is 0. The number of hydrogen-bond donors (Lipinski definition) is 2. The largest absolute Gasteiger partial charge is 0.372 e. The first-order chi connectivity index (χ1) is 11.5. The number of rotatable bonds is 6. The maximum atomic E-state index is 12.0. The Morgan fingerprint density at radius 1 is 1.25 bits per heavy atom. The second kappa shape index (κ2) is 8.57. The van der Waals surface area contributed by atoms with Crippen LogP contribution in [0.3, 0.4) is 0 Å². The van der Waals surface area contributed by atoms with E-state index in [-0.39, 0.29) is 18.0 Å². The first kappa shape index (κ1) is 18.1. The van der Waals surface area contributed by atoms with Gasteiger partial charge in [0.2, 0.25) is 5.91 Å². The Kier molecular flexibility index (Phi) is 6.46. The van der Waals surface area contributed by atoms with Crippen LogP contribution in [0.25, 0.3) is 0 Å². The quantitative estimate of drug-likeness (QED) is 0.839. The van der Waals surface area contributed by atoms with Gasteiger partial charge in [0.15, 0.2) is 0 Å². The van der Waals surface area contributed by atoms with E-state index >= 15 is 0 Å². The Balaban J connectivity index is 1.83. The van der Waals surface area contributed by atoms with Crippen LogP contribution in [-0.2, 0) is 4.79 Å². The van der Waals surface area contributed by atoms with Gasteiger partial charge < -0.3 is 20.4 Å². The van der Waals surface area contributed by atoms with E-state index in [2.05, 4.69) is 27.7 Å². The molecule has 1 heterocycles. The Labute approximate surface area is 144 Å². The number of urea groups is 1. The standard InChI is InChI=1S/C18H28N4O2/c1-14(20-18(24)19-10-9-17(23)21(2)3)15-7-6-8-16(13-15)22-11-4-5-12-22/h6-8,13-14H,4-5,9-12H2,1-3H3,(H2,19,20,24)/t14-/m0/s1. The van der Waals surface area contributed by atoms with Gasteiger partial charge in [-0.15, -0.1) is 0 Å². The third-order valence-electron chi connectivity index (χ3n) is 4.31. The third kappa shape index (κ3) is 5.15. The molecule has 6 nitrogen and oxygen atoms in total. The number of anilines is 1. The number of nitrogens with one attached hydrogen (secondary N) is 2. The highest BCUT2D eigenvalue weighted by atomic mass is 16.2. The predicted molar refractivity (Wildman–Crippen MR) is 96.1 cm³/mol. The van der Waals surface area contributed by atoms with Crippen LogP contribution in [0.2, 0.25) is 0 Å². The number of nitrogens with zero attached hydrogens (tertiary/aromatic N) is 2. The van der Waals surface area contributed by atoms with Crippen LogP contribution < -0.4 is 15.5 Å². The topological polar surface area (TPSA) is 64.7 Å².